The van der Waals surface area contributed by atoms with Crippen molar-refractivity contribution in [1.82, 2.24) is 10.2 Å². The van der Waals surface area contributed by atoms with Crippen LogP contribution < -0.4 is 5.32 Å². The molecule has 0 aliphatic heterocycles. The van der Waals surface area contributed by atoms with E-state index in [9.17, 15) is 5.26 Å². The number of rotatable bonds is 9. The Balaban J connectivity index is 4.61. The molecule has 0 radical (unpaired) electrons. The van der Waals surface area contributed by atoms with E-state index in [1.54, 1.807) is 0 Å². The average molecular weight is 267 g/mol. The van der Waals surface area contributed by atoms with Crippen LogP contribution in [0.2, 0.25) is 0 Å². The van der Waals surface area contributed by atoms with Crippen LogP contribution in [0.4, 0.5) is 0 Å². The Bertz CT molecular complexity index is 282. The van der Waals surface area contributed by atoms with E-state index in [1.165, 1.54) is 6.42 Å². The molecular formula is C16H33N3. The van der Waals surface area contributed by atoms with Crippen LogP contribution in [0.15, 0.2) is 0 Å². The van der Waals surface area contributed by atoms with E-state index in [2.05, 4.69) is 57.8 Å². The van der Waals surface area contributed by atoms with Gasteiger partial charge in [0.2, 0.25) is 0 Å². The van der Waals surface area contributed by atoms with E-state index >= 15 is 0 Å². The minimum absolute atomic E-state index is 0.335. The number of hydrogen-bond donors (Lipinski definition) is 1. The first kappa shape index (κ1) is 18.4. The molecule has 0 aromatic rings. The molecule has 0 aliphatic rings. The highest BCUT2D eigenvalue weighted by atomic mass is 15.2. The van der Waals surface area contributed by atoms with Crippen molar-refractivity contribution in [1.29, 1.82) is 5.26 Å². The van der Waals surface area contributed by atoms with Crippen LogP contribution in [0.3, 0.4) is 0 Å². The summed E-state index contributed by atoms with van der Waals surface area (Å²) in [5.41, 5.74) is -0.434. The predicted molar refractivity (Wildman–Crippen MR) is 83.1 cm³/mol. The first-order valence-corrected chi connectivity index (χ1v) is 7.70. The van der Waals surface area contributed by atoms with Gasteiger partial charge in [-0.25, -0.2) is 0 Å². The van der Waals surface area contributed by atoms with Gasteiger partial charge < -0.3 is 4.90 Å². The van der Waals surface area contributed by atoms with Gasteiger partial charge in [0.15, 0.2) is 0 Å². The zero-order valence-corrected chi connectivity index (χ0v) is 14.0. The lowest BCUT2D eigenvalue weighted by Gasteiger charge is -2.35. The van der Waals surface area contributed by atoms with Crippen LogP contribution in [-0.4, -0.2) is 35.6 Å². The molecule has 0 heterocycles. The van der Waals surface area contributed by atoms with Gasteiger partial charge in [-0.3, -0.25) is 5.32 Å². The van der Waals surface area contributed by atoms with E-state index < -0.39 is 5.54 Å². The lowest BCUT2D eigenvalue weighted by molar-refractivity contribution is 0.159. The molecule has 3 atom stereocenters. The highest BCUT2D eigenvalue weighted by molar-refractivity contribution is 5.06. The van der Waals surface area contributed by atoms with Crippen molar-refractivity contribution in [2.45, 2.75) is 78.9 Å². The van der Waals surface area contributed by atoms with E-state index in [0.717, 1.165) is 19.5 Å². The highest BCUT2D eigenvalue weighted by Crippen LogP contribution is 2.18. The van der Waals surface area contributed by atoms with Gasteiger partial charge in [-0.1, -0.05) is 27.2 Å². The van der Waals surface area contributed by atoms with Crippen LogP contribution in [0.5, 0.6) is 0 Å². The number of nitrogens with zero attached hydrogens (tertiary/aromatic N) is 2. The second-order valence-corrected chi connectivity index (χ2v) is 6.40. The number of nitrogens with one attached hydrogen (secondary N) is 1. The smallest absolute Gasteiger partial charge is 0.105 e. The minimum Gasteiger partial charge on any atom is -0.301 e. The van der Waals surface area contributed by atoms with Crippen molar-refractivity contribution in [3.05, 3.63) is 0 Å². The summed E-state index contributed by atoms with van der Waals surface area (Å²) in [5.74, 6) is 0.716. The van der Waals surface area contributed by atoms with Gasteiger partial charge in [0, 0.05) is 18.6 Å². The summed E-state index contributed by atoms with van der Waals surface area (Å²) in [6.45, 7) is 17.4. The molecule has 0 saturated heterocycles. The lowest BCUT2D eigenvalue weighted by atomic mass is 9.93. The fourth-order valence-corrected chi connectivity index (χ4v) is 2.64. The van der Waals surface area contributed by atoms with Gasteiger partial charge >= 0.3 is 0 Å². The summed E-state index contributed by atoms with van der Waals surface area (Å²) >= 11 is 0. The second-order valence-electron chi connectivity index (χ2n) is 6.40. The summed E-state index contributed by atoms with van der Waals surface area (Å²) in [6, 6.07) is 3.21. The fraction of sp³-hybridized carbons (Fsp3) is 0.938. The molecule has 3 unspecified atom stereocenters. The molecule has 0 rings (SSSR count). The molecule has 3 heteroatoms. The third kappa shape index (κ3) is 6.94. The van der Waals surface area contributed by atoms with E-state index in [-0.39, 0.29) is 0 Å². The largest absolute Gasteiger partial charge is 0.301 e. The highest BCUT2D eigenvalue weighted by Gasteiger charge is 2.29. The van der Waals surface area contributed by atoms with Crippen molar-refractivity contribution in [3.8, 4) is 6.07 Å². The lowest BCUT2D eigenvalue weighted by Crippen LogP contribution is -2.50. The summed E-state index contributed by atoms with van der Waals surface area (Å²) < 4.78 is 0. The predicted octanol–water partition coefficient (Wildman–Crippen LogP) is 3.41. The number of nitriles is 1. The van der Waals surface area contributed by atoms with Gasteiger partial charge in [0.05, 0.1) is 6.07 Å². The van der Waals surface area contributed by atoms with Gasteiger partial charge in [-0.15, -0.1) is 0 Å². The fourth-order valence-electron chi connectivity index (χ4n) is 2.64. The van der Waals surface area contributed by atoms with Gasteiger partial charge in [0.1, 0.15) is 5.54 Å². The van der Waals surface area contributed by atoms with Crippen LogP contribution >= 0.6 is 0 Å². The summed E-state index contributed by atoms with van der Waals surface area (Å²) in [7, 11) is 0. The first-order valence-electron chi connectivity index (χ1n) is 7.70. The van der Waals surface area contributed by atoms with Gasteiger partial charge in [0.25, 0.3) is 0 Å². The topological polar surface area (TPSA) is 39.1 Å². The summed E-state index contributed by atoms with van der Waals surface area (Å²) in [5, 5.41) is 12.8. The van der Waals surface area contributed by atoms with Crippen molar-refractivity contribution in [2.75, 3.05) is 13.1 Å². The third-order valence-corrected chi connectivity index (χ3v) is 3.83. The summed E-state index contributed by atoms with van der Waals surface area (Å²) in [6.07, 6.45) is 2.08. The van der Waals surface area contributed by atoms with Gasteiger partial charge in [-0.2, -0.15) is 5.26 Å². The normalized spacial score (nSPS) is 18.1. The molecule has 0 bridgehead atoms. The maximum absolute atomic E-state index is 9.43. The molecule has 0 aromatic carbocycles. The molecule has 112 valence electrons. The molecule has 0 fully saturated rings. The molecule has 0 saturated carbocycles. The van der Waals surface area contributed by atoms with Gasteiger partial charge in [-0.05, 0) is 46.6 Å². The molecule has 0 aliphatic carbocycles. The quantitative estimate of drug-likeness (QED) is 0.696. The monoisotopic (exact) mass is 267 g/mol. The molecular weight excluding hydrogens is 234 g/mol. The van der Waals surface area contributed by atoms with E-state index in [0.29, 0.717) is 18.0 Å². The maximum Gasteiger partial charge on any atom is 0.105 e. The Morgan fingerprint density at radius 1 is 1.21 bits per heavy atom. The molecule has 19 heavy (non-hydrogen) atoms. The number of hydrogen-bond acceptors (Lipinski definition) is 3. The third-order valence-electron chi connectivity index (χ3n) is 3.83. The van der Waals surface area contributed by atoms with Crippen LogP contribution in [-0.2, 0) is 0 Å². The Labute approximate surface area is 120 Å². The van der Waals surface area contributed by atoms with Crippen molar-refractivity contribution >= 4 is 0 Å². The van der Waals surface area contributed by atoms with Crippen molar-refractivity contribution in [2.24, 2.45) is 5.92 Å². The first-order chi connectivity index (χ1) is 8.77. The van der Waals surface area contributed by atoms with Crippen LogP contribution in [0, 0.1) is 17.2 Å². The molecule has 0 spiro atoms. The zero-order valence-electron chi connectivity index (χ0n) is 14.0. The van der Waals surface area contributed by atoms with Crippen molar-refractivity contribution in [3.63, 3.8) is 0 Å². The van der Waals surface area contributed by atoms with Crippen LogP contribution in [0.1, 0.15) is 61.3 Å². The van der Waals surface area contributed by atoms with Crippen LogP contribution in [0.25, 0.3) is 0 Å². The SMILES string of the molecule is CCC(C)CN(CC)C(C)CC(C)(C#N)NC(C)C. The molecule has 0 amide bonds. The average Bonchev–Trinajstić information content (AvgIpc) is 2.34. The molecule has 0 aromatic heterocycles. The Hall–Kier alpha value is -0.590. The van der Waals surface area contributed by atoms with Crippen molar-refractivity contribution < 1.29 is 0 Å². The Morgan fingerprint density at radius 3 is 2.16 bits per heavy atom. The standard InChI is InChI=1S/C16H33N3/c1-8-14(5)11-19(9-2)15(6)10-16(7,12-17)18-13(3)4/h13-15,18H,8-11H2,1-7H3. The zero-order chi connectivity index (χ0) is 15.1. The second kappa shape index (κ2) is 8.55. The van der Waals surface area contributed by atoms with E-state index in [1.807, 2.05) is 6.92 Å². The van der Waals surface area contributed by atoms with E-state index in [4.69, 9.17) is 0 Å². The molecule has 3 nitrogen and oxygen atoms in total. The Morgan fingerprint density at radius 2 is 1.79 bits per heavy atom. The molecule has 1 N–H and O–H groups in total. The Kier molecular flexibility index (Phi) is 8.29. The minimum atomic E-state index is -0.434. The summed E-state index contributed by atoms with van der Waals surface area (Å²) in [4.78, 5) is 2.49. The maximum atomic E-state index is 9.43.